The van der Waals surface area contributed by atoms with Gasteiger partial charge in [0.2, 0.25) is 0 Å². The zero-order chi connectivity index (χ0) is 14.7. The fourth-order valence-corrected chi connectivity index (χ4v) is 2.10. The van der Waals surface area contributed by atoms with E-state index < -0.39 is 0 Å². The van der Waals surface area contributed by atoms with Crippen LogP contribution in [0.25, 0.3) is 11.3 Å². The fraction of sp³-hybridized carbons (Fsp3) is 0.125. The molecule has 0 aliphatic rings. The van der Waals surface area contributed by atoms with Gasteiger partial charge in [-0.25, -0.2) is 0 Å². The van der Waals surface area contributed by atoms with Crippen molar-refractivity contribution in [1.82, 2.24) is 5.16 Å². The molecule has 1 atom stereocenters. The smallest absolute Gasteiger partial charge is 0.403 e. The second kappa shape index (κ2) is 5.66. The summed E-state index contributed by atoms with van der Waals surface area (Å²) < 4.78 is 10.5. The molecule has 3 aromatic rings. The van der Waals surface area contributed by atoms with Gasteiger partial charge in [0.1, 0.15) is 6.10 Å². The van der Waals surface area contributed by atoms with Gasteiger partial charge < -0.3 is 9.94 Å². The molecule has 0 N–H and O–H groups in total. The normalized spacial score (nSPS) is 12.0. The first kappa shape index (κ1) is 13.2. The minimum Gasteiger partial charge on any atom is -0.447 e. The van der Waals surface area contributed by atoms with Crippen LogP contribution in [0.1, 0.15) is 18.6 Å². The molecule has 0 amide bonds. The first-order chi connectivity index (χ1) is 10.3. The Hall–Kier alpha value is -2.82. The van der Waals surface area contributed by atoms with Gasteiger partial charge in [-0.1, -0.05) is 60.7 Å². The number of hydrogen-bond acceptors (Lipinski definition) is 4. The summed E-state index contributed by atoms with van der Waals surface area (Å²) in [5, 5.41) is 15.5. The lowest BCUT2D eigenvalue weighted by atomic mass is 10.1. The van der Waals surface area contributed by atoms with Crippen molar-refractivity contribution < 1.29 is 14.3 Å². The molecule has 0 saturated carbocycles. The molecule has 0 bridgehead atoms. The van der Waals surface area contributed by atoms with Crippen molar-refractivity contribution in [2.45, 2.75) is 13.0 Å². The monoisotopic (exact) mass is 282 g/mol. The van der Waals surface area contributed by atoms with Gasteiger partial charge in [0.15, 0.2) is 0 Å². The van der Waals surface area contributed by atoms with E-state index >= 15 is 0 Å². The van der Waals surface area contributed by atoms with Crippen LogP contribution < -0.4 is 9.64 Å². The lowest BCUT2D eigenvalue weighted by Crippen LogP contribution is -2.25. The number of aromatic nitrogens is 2. The van der Waals surface area contributed by atoms with E-state index in [2.05, 4.69) is 9.79 Å². The minimum absolute atomic E-state index is 0.188. The van der Waals surface area contributed by atoms with E-state index in [1.54, 1.807) is 12.1 Å². The Balaban J connectivity index is 1.91. The van der Waals surface area contributed by atoms with E-state index in [0.717, 1.165) is 5.56 Å². The largest absolute Gasteiger partial charge is 0.447 e. The average molecular weight is 282 g/mol. The van der Waals surface area contributed by atoms with E-state index in [1.807, 2.05) is 55.5 Å². The van der Waals surface area contributed by atoms with Crippen molar-refractivity contribution in [3.63, 3.8) is 0 Å². The second-order valence-electron chi connectivity index (χ2n) is 4.62. The Morgan fingerprint density at radius 2 is 1.67 bits per heavy atom. The maximum atomic E-state index is 11.8. The molecule has 1 aromatic heterocycles. The molecular formula is C16H14N2O3. The molecular weight excluding hydrogens is 268 g/mol. The summed E-state index contributed by atoms with van der Waals surface area (Å²) in [6.07, 6.45) is -0.237. The number of benzene rings is 2. The number of ether oxygens (including phenoxy) is 1. The van der Waals surface area contributed by atoms with Crippen LogP contribution in [-0.4, -0.2) is 5.16 Å². The summed E-state index contributed by atoms with van der Waals surface area (Å²) in [5.74, 6) is 0.188. The van der Waals surface area contributed by atoms with Gasteiger partial charge in [0, 0.05) is 5.56 Å². The Kier molecular flexibility index (Phi) is 3.55. The van der Waals surface area contributed by atoms with Crippen LogP contribution in [0.15, 0.2) is 65.3 Å². The second-order valence-corrected chi connectivity index (χ2v) is 4.62. The highest BCUT2D eigenvalue weighted by Gasteiger charge is 2.24. The summed E-state index contributed by atoms with van der Waals surface area (Å²) in [4.78, 5) is 0.363. The van der Waals surface area contributed by atoms with E-state index in [-0.39, 0.29) is 17.7 Å². The number of hydrogen-bond donors (Lipinski definition) is 0. The van der Waals surface area contributed by atoms with Gasteiger partial charge in [-0.15, -0.1) is 0 Å². The lowest BCUT2D eigenvalue weighted by molar-refractivity contribution is -0.793. The Bertz CT molecular complexity index is 711. The molecule has 5 nitrogen and oxygen atoms in total. The van der Waals surface area contributed by atoms with Crippen LogP contribution in [0.2, 0.25) is 0 Å². The zero-order valence-electron chi connectivity index (χ0n) is 11.5. The van der Waals surface area contributed by atoms with Gasteiger partial charge in [-0.2, -0.15) is 0 Å². The highest BCUT2D eigenvalue weighted by molar-refractivity contribution is 5.60. The molecule has 5 heteroatoms. The maximum absolute atomic E-state index is 11.8. The molecule has 3 rings (SSSR count). The summed E-state index contributed by atoms with van der Waals surface area (Å²) in [6, 6.07) is 18.9. The predicted molar refractivity (Wildman–Crippen MR) is 76.4 cm³/mol. The molecule has 0 saturated heterocycles. The van der Waals surface area contributed by atoms with Gasteiger partial charge >= 0.3 is 5.88 Å². The molecule has 0 aliphatic carbocycles. The third-order valence-corrected chi connectivity index (χ3v) is 3.19. The van der Waals surface area contributed by atoms with Crippen LogP contribution in [0.4, 0.5) is 0 Å². The highest BCUT2D eigenvalue weighted by Crippen LogP contribution is 2.28. The zero-order valence-corrected chi connectivity index (χ0v) is 11.5. The summed E-state index contributed by atoms with van der Waals surface area (Å²) in [6.45, 7) is 1.90. The Labute approximate surface area is 121 Å². The molecule has 21 heavy (non-hydrogen) atoms. The topological polar surface area (TPSA) is 62.2 Å². The van der Waals surface area contributed by atoms with Crippen molar-refractivity contribution in [1.29, 1.82) is 0 Å². The summed E-state index contributed by atoms with van der Waals surface area (Å²) >= 11 is 0. The van der Waals surface area contributed by atoms with Crippen LogP contribution in [-0.2, 0) is 0 Å². The number of nitrogens with zero attached hydrogens (tertiary/aromatic N) is 2. The minimum atomic E-state index is -0.237. The summed E-state index contributed by atoms with van der Waals surface area (Å²) in [7, 11) is 0. The number of rotatable bonds is 4. The van der Waals surface area contributed by atoms with Crippen molar-refractivity contribution in [3.8, 4) is 17.1 Å². The summed E-state index contributed by atoms with van der Waals surface area (Å²) in [5.41, 5.74) is 1.97. The lowest BCUT2D eigenvalue weighted by Gasteiger charge is -2.11. The van der Waals surface area contributed by atoms with E-state index in [9.17, 15) is 5.21 Å². The third-order valence-electron chi connectivity index (χ3n) is 3.19. The molecule has 106 valence electrons. The fourth-order valence-electron chi connectivity index (χ4n) is 2.10. The molecule has 0 aliphatic heterocycles. The van der Waals surface area contributed by atoms with Gasteiger partial charge in [-0.3, -0.25) is 4.63 Å². The van der Waals surface area contributed by atoms with Crippen LogP contribution >= 0.6 is 0 Å². The van der Waals surface area contributed by atoms with Crippen molar-refractivity contribution in [3.05, 3.63) is 71.4 Å². The van der Waals surface area contributed by atoms with E-state index in [1.165, 1.54) is 0 Å². The molecule has 0 radical (unpaired) electrons. The standard InChI is InChI=1S/C16H14N2O3/c1-12(13-8-4-2-5-9-13)20-16-15(18(19)21-17-16)14-10-6-3-7-11-14/h2-12H,1H3. The SMILES string of the molecule is CC(Oc1no[n+]([O-])c1-c1ccccc1)c1ccccc1. The maximum Gasteiger partial charge on any atom is 0.403 e. The quantitative estimate of drug-likeness (QED) is 0.690. The average Bonchev–Trinajstić information content (AvgIpc) is 2.89. The molecule has 0 fully saturated rings. The van der Waals surface area contributed by atoms with E-state index in [0.29, 0.717) is 10.5 Å². The third kappa shape index (κ3) is 2.72. The first-order valence-corrected chi connectivity index (χ1v) is 6.62. The molecule has 1 unspecified atom stereocenters. The first-order valence-electron chi connectivity index (χ1n) is 6.62. The Morgan fingerprint density at radius 1 is 1.05 bits per heavy atom. The van der Waals surface area contributed by atoms with Gasteiger partial charge in [0.25, 0.3) is 5.69 Å². The van der Waals surface area contributed by atoms with Gasteiger partial charge in [0.05, 0.1) is 5.16 Å². The van der Waals surface area contributed by atoms with Gasteiger partial charge in [-0.05, 0) is 17.4 Å². The van der Waals surface area contributed by atoms with Crippen LogP contribution in [0, 0.1) is 5.21 Å². The van der Waals surface area contributed by atoms with Crippen molar-refractivity contribution >= 4 is 0 Å². The van der Waals surface area contributed by atoms with Crippen molar-refractivity contribution in [2.24, 2.45) is 0 Å². The van der Waals surface area contributed by atoms with Crippen LogP contribution in [0.3, 0.4) is 0 Å². The highest BCUT2D eigenvalue weighted by atomic mass is 16.8. The Morgan fingerprint density at radius 3 is 2.33 bits per heavy atom. The molecule has 2 aromatic carbocycles. The van der Waals surface area contributed by atoms with Crippen LogP contribution in [0.5, 0.6) is 5.88 Å². The molecule has 0 spiro atoms. The predicted octanol–water partition coefficient (Wildman–Crippen LogP) is 3.12. The molecule has 1 heterocycles. The van der Waals surface area contributed by atoms with E-state index in [4.69, 9.17) is 4.74 Å². The van der Waals surface area contributed by atoms with Crippen molar-refractivity contribution in [2.75, 3.05) is 0 Å².